The second kappa shape index (κ2) is 6.26. The third-order valence-corrected chi connectivity index (χ3v) is 1.50. The summed E-state index contributed by atoms with van der Waals surface area (Å²) in [6, 6.07) is 0. The first-order chi connectivity index (χ1) is 3.41. The second-order valence-corrected chi connectivity index (χ2v) is 2.48. The molecule has 0 saturated carbocycles. The maximum absolute atomic E-state index is 4.98. The summed E-state index contributed by atoms with van der Waals surface area (Å²) in [5.41, 5.74) is 0. The van der Waals surface area contributed by atoms with Crippen LogP contribution in [-0.2, 0) is 0 Å². The van der Waals surface area contributed by atoms with Gasteiger partial charge in [-0.05, 0) is 18.1 Å². The van der Waals surface area contributed by atoms with E-state index in [1.54, 1.807) is 0 Å². The highest BCUT2D eigenvalue weighted by Gasteiger charge is 1.79. The van der Waals surface area contributed by atoms with Crippen molar-refractivity contribution in [2.24, 2.45) is 0 Å². The molecule has 1 radical (unpaired) electrons. The highest BCUT2D eigenvalue weighted by atomic mass is 33.1. The van der Waals surface area contributed by atoms with Crippen molar-refractivity contribution in [2.45, 2.75) is 12.8 Å². The van der Waals surface area contributed by atoms with E-state index in [0.29, 0.717) is 0 Å². The summed E-state index contributed by atoms with van der Waals surface area (Å²) in [7, 11) is 1.43. The average Bonchev–Trinajstić information content (AvgIpc) is 1.69. The predicted octanol–water partition coefficient (Wildman–Crippen LogP) is 2.25. The van der Waals surface area contributed by atoms with Gasteiger partial charge >= 0.3 is 0 Å². The van der Waals surface area contributed by atoms with Crippen LogP contribution in [0.25, 0.3) is 0 Å². The molecule has 0 fully saturated rings. The molecule has 2 heteroatoms. The molecular weight excluding hydrogens is 124 g/mol. The molecule has 0 aliphatic carbocycles. The van der Waals surface area contributed by atoms with Gasteiger partial charge in [0.05, 0.1) is 0 Å². The van der Waals surface area contributed by atoms with Gasteiger partial charge in [-0.3, -0.25) is 0 Å². The summed E-state index contributed by atoms with van der Waals surface area (Å²) in [4.78, 5) is 0. The number of rotatable bonds is 3. The zero-order valence-corrected chi connectivity index (χ0v) is 5.65. The van der Waals surface area contributed by atoms with Crippen molar-refractivity contribution in [3.05, 3.63) is 0 Å². The highest BCUT2D eigenvalue weighted by molar-refractivity contribution is 8.68. The van der Waals surface area contributed by atoms with E-state index in [2.05, 4.69) is 17.6 Å². The molecule has 0 aliphatic heterocycles. The monoisotopic (exact) mass is 131 g/mol. The molecular formula is C5H7S2. The van der Waals surface area contributed by atoms with Crippen LogP contribution in [0.1, 0.15) is 12.8 Å². The number of unbranched alkanes of at least 4 members (excludes halogenated alkanes) is 1. The molecule has 39 valence electrons. The van der Waals surface area contributed by atoms with Crippen molar-refractivity contribution in [1.82, 2.24) is 0 Å². The molecule has 0 saturated heterocycles. The molecule has 0 aliphatic rings. The summed E-state index contributed by atoms with van der Waals surface area (Å²) in [6.45, 7) is 0. The third-order valence-electron chi connectivity index (χ3n) is 0.549. The van der Waals surface area contributed by atoms with Gasteiger partial charge in [-0.15, -0.1) is 12.3 Å². The van der Waals surface area contributed by atoms with Gasteiger partial charge in [0.1, 0.15) is 0 Å². The minimum atomic E-state index is 0.865. The molecule has 0 aromatic heterocycles. The molecule has 0 heterocycles. The van der Waals surface area contributed by atoms with Crippen LogP contribution < -0.4 is 0 Å². The minimum Gasteiger partial charge on any atom is -0.120 e. The van der Waals surface area contributed by atoms with Crippen LogP contribution in [0.4, 0.5) is 0 Å². The van der Waals surface area contributed by atoms with Crippen LogP contribution in [0.2, 0.25) is 0 Å². The Kier molecular flexibility index (Phi) is 6.49. The fourth-order valence-electron chi connectivity index (χ4n) is 0.233. The van der Waals surface area contributed by atoms with Crippen molar-refractivity contribution in [2.75, 3.05) is 5.75 Å². The van der Waals surface area contributed by atoms with Crippen molar-refractivity contribution in [3.8, 4) is 12.3 Å². The molecule has 0 aromatic rings. The standard InChI is InChI=1S/C5H7S2/c1-2-3-4-5-7-6/h1H,3-5H2. The first-order valence-electron chi connectivity index (χ1n) is 2.10. The fraction of sp³-hybridized carbons (Fsp3) is 0.600. The van der Waals surface area contributed by atoms with E-state index >= 15 is 0 Å². The zero-order valence-electron chi connectivity index (χ0n) is 4.02. The molecule has 0 atom stereocenters. The van der Waals surface area contributed by atoms with Gasteiger partial charge in [0.25, 0.3) is 0 Å². The fourth-order valence-corrected chi connectivity index (χ4v) is 0.849. The Morgan fingerprint density at radius 3 is 2.86 bits per heavy atom. The number of hydrogen-bond donors (Lipinski definition) is 0. The third kappa shape index (κ3) is 6.26. The van der Waals surface area contributed by atoms with Crippen molar-refractivity contribution in [3.63, 3.8) is 0 Å². The maximum atomic E-state index is 4.98. The van der Waals surface area contributed by atoms with E-state index in [-0.39, 0.29) is 0 Å². The summed E-state index contributed by atoms with van der Waals surface area (Å²) in [5.74, 6) is 3.56. The Bertz CT molecular complexity index is 63.0. The molecule has 0 N–H and O–H groups in total. The van der Waals surface area contributed by atoms with Gasteiger partial charge < -0.3 is 0 Å². The Morgan fingerprint density at radius 1 is 1.71 bits per heavy atom. The SMILES string of the molecule is C#CCCCS[S]. The molecule has 7 heavy (non-hydrogen) atoms. The Morgan fingerprint density at radius 2 is 2.43 bits per heavy atom. The van der Waals surface area contributed by atoms with Crippen LogP contribution in [-0.4, -0.2) is 5.75 Å². The van der Waals surface area contributed by atoms with Crippen molar-refractivity contribution < 1.29 is 0 Å². The van der Waals surface area contributed by atoms with Gasteiger partial charge in [0.15, 0.2) is 0 Å². The molecule has 0 nitrogen and oxygen atoms in total. The Hall–Kier alpha value is 0.260. The lowest BCUT2D eigenvalue weighted by Gasteiger charge is -1.84. The number of hydrogen-bond acceptors (Lipinski definition) is 1. The van der Waals surface area contributed by atoms with Crippen LogP contribution in [0.15, 0.2) is 0 Å². The van der Waals surface area contributed by atoms with Crippen molar-refractivity contribution in [1.29, 1.82) is 0 Å². The molecule has 0 bridgehead atoms. The van der Waals surface area contributed by atoms with Gasteiger partial charge in [0.2, 0.25) is 0 Å². The predicted molar refractivity (Wildman–Crippen MR) is 38.1 cm³/mol. The first kappa shape index (κ1) is 7.26. The first-order valence-corrected chi connectivity index (χ1v) is 4.01. The lowest BCUT2D eigenvalue weighted by atomic mass is 10.4. The molecule has 0 spiro atoms. The van der Waals surface area contributed by atoms with E-state index in [1.807, 2.05) is 0 Å². The van der Waals surface area contributed by atoms with Crippen LogP contribution in [0, 0.1) is 12.3 Å². The van der Waals surface area contributed by atoms with Gasteiger partial charge in [-0.25, -0.2) is 0 Å². The van der Waals surface area contributed by atoms with Crippen LogP contribution in [0.3, 0.4) is 0 Å². The van der Waals surface area contributed by atoms with Crippen molar-refractivity contribution >= 4 is 22.5 Å². The Labute approximate surface area is 53.9 Å². The highest BCUT2D eigenvalue weighted by Crippen LogP contribution is 2.06. The summed E-state index contributed by atoms with van der Waals surface area (Å²) in [6.07, 6.45) is 6.90. The van der Waals surface area contributed by atoms with Crippen LogP contribution in [0.5, 0.6) is 0 Å². The molecule has 0 unspecified atom stereocenters. The molecule has 0 rings (SSSR count). The second-order valence-electron chi connectivity index (χ2n) is 1.13. The number of terminal acetylenes is 1. The summed E-state index contributed by atoms with van der Waals surface area (Å²) < 4.78 is 0. The summed E-state index contributed by atoms with van der Waals surface area (Å²) in [5, 5.41) is 0. The topological polar surface area (TPSA) is 0 Å². The minimum absolute atomic E-state index is 0.865. The lowest BCUT2D eigenvalue weighted by Crippen LogP contribution is -1.71. The van der Waals surface area contributed by atoms with E-state index in [9.17, 15) is 0 Å². The summed E-state index contributed by atoms with van der Waals surface area (Å²) >= 11 is 4.61. The zero-order chi connectivity index (χ0) is 5.54. The normalized spacial score (nSPS) is 8.00. The van der Waals surface area contributed by atoms with Gasteiger partial charge in [-0.2, -0.15) is 0 Å². The van der Waals surface area contributed by atoms with E-state index in [4.69, 9.17) is 6.42 Å². The average molecular weight is 131 g/mol. The van der Waals surface area contributed by atoms with Gasteiger partial charge in [0, 0.05) is 12.2 Å². The van der Waals surface area contributed by atoms with E-state index in [0.717, 1.165) is 18.6 Å². The molecule has 0 amide bonds. The smallest absolute Gasteiger partial charge is 0.00942 e. The Balaban J connectivity index is 2.60. The molecule has 0 aromatic carbocycles. The maximum Gasteiger partial charge on any atom is 0.00942 e. The van der Waals surface area contributed by atoms with Gasteiger partial charge in [-0.1, -0.05) is 10.8 Å². The quantitative estimate of drug-likeness (QED) is 0.321. The van der Waals surface area contributed by atoms with Crippen LogP contribution >= 0.6 is 22.5 Å². The van der Waals surface area contributed by atoms with E-state index < -0.39 is 0 Å². The van der Waals surface area contributed by atoms with E-state index in [1.165, 1.54) is 10.8 Å². The largest absolute Gasteiger partial charge is 0.120 e. The lowest BCUT2D eigenvalue weighted by molar-refractivity contribution is 1.00.